The van der Waals surface area contributed by atoms with E-state index in [1.165, 1.54) is 6.92 Å². The number of carbonyl (C=O) groups excluding carboxylic acids is 2. The molecule has 2 spiro atoms. The van der Waals surface area contributed by atoms with Crippen molar-refractivity contribution in [3.63, 3.8) is 0 Å². The van der Waals surface area contributed by atoms with Crippen LogP contribution in [-0.2, 0) is 23.8 Å². The number of hydrogen-bond acceptors (Lipinski definition) is 12. The van der Waals surface area contributed by atoms with E-state index in [1.54, 1.807) is 12.0 Å². The Hall–Kier alpha value is -1.96. The third-order valence-electron chi connectivity index (χ3n) is 18.2. The maximum atomic E-state index is 15.2. The van der Waals surface area contributed by atoms with E-state index in [-0.39, 0.29) is 48.0 Å². The topological polar surface area (TPSA) is 198 Å². The Morgan fingerprint density at radius 1 is 1.02 bits per heavy atom. The highest BCUT2D eigenvalue weighted by Crippen LogP contribution is 2.81. The van der Waals surface area contributed by atoms with Gasteiger partial charge in [-0.2, -0.15) is 0 Å². The SMILES string of the molecule is COCCCOC1CCC2(C)C(C1)C(=O)C1=C3C4(O)C(CC1)CC1C(C)(O)C(O)(O)C5OC6C(O)NC(CC6C5CO)C(=O)N5CC5CC#CC32C2CCCC14C2. The van der Waals surface area contributed by atoms with Crippen molar-refractivity contribution in [2.45, 2.75) is 151 Å². The van der Waals surface area contributed by atoms with Gasteiger partial charge < -0.3 is 49.7 Å². The Kier molecular flexibility index (Phi) is 8.96. The molecule has 17 atom stereocenters. The van der Waals surface area contributed by atoms with Crippen LogP contribution < -0.4 is 5.32 Å². The number of nitrogens with zero attached hydrogens (tertiary/aromatic N) is 1. The normalized spacial score (nSPS) is 52.8. The summed E-state index contributed by atoms with van der Waals surface area (Å²) >= 11 is 0. The van der Waals surface area contributed by atoms with Crippen molar-refractivity contribution in [3.8, 4) is 11.8 Å². The average Bonchev–Trinajstić information content (AvgIpc) is 3.78. The zero-order chi connectivity index (χ0) is 40.1. The Morgan fingerprint density at radius 3 is 2.60 bits per heavy atom. The minimum Gasteiger partial charge on any atom is -0.396 e. The first kappa shape index (κ1) is 39.2. The summed E-state index contributed by atoms with van der Waals surface area (Å²) in [7, 11) is 1.68. The summed E-state index contributed by atoms with van der Waals surface area (Å²) < 4.78 is 17.9. The number of aliphatic hydroxyl groups is 6. The number of ketones is 1. The van der Waals surface area contributed by atoms with E-state index in [0.29, 0.717) is 76.7 Å². The number of carbonyl (C=O) groups is 2. The van der Waals surface area contributed by atoms with Gasteiger partial charge in [0.05, 0.1) is 29.2 Å². The van der Waals surface area contributed by atoms with Gasteiger partial charge >= 0.3 is 0 Å². The van der Waals surface area contributed by atoms with E-state index in [1.807, 2.05) is 0 Å². The summed E-state index contributed by atoms with van der Waals surface area (Å²) in [6, 6.07) is -0.899. The summed E-state index contributed by atoms with van der Waals surface area (Å²) in [5, 5.41) is 77.1. The van der Waals surface area contributed by atoms with E-state index in [2.05, 4.69) is 24.1 Å². The van der Waals surface area contributed by atoms with E-state index >= 15 is 4.79 Å². The van der Waals surface area contributed by atoms with Crippen LogP contribution in [0.25, 0.3) is 0 Å². The summed E-state index contributed by atoms with van der Waals surface area (Å²) in [4.78, 5) is 30.9. The van der Waals surface area contributed by atoms with Gasteiger partial charge in [0, 0.05) is 63.1 Å². The summed E-state index contributed by atoms with van der Waals surface area (Å²) in [6.07, 6.45) is 3.55. The van der Waals surface area contributed by atoms with Gasteiger partial charge in [-0.05, 0) is 112 Å². The molecule has 13 nitrogen and oxygen atoms in total. The molecule has 0 aromatic rings. The van der Waals surface area contributed by atoms with Crippen LogP contribution in [0.15, 0.2) is 11.1 Å². The molecule has 11 aliphatic rings. The second kappa shape index (κ2) is 13.0. The van der Waals surface area contributed by atoms with Crippen molar-refractivity contribution >= 4 is 11.7 Å². The van der Waals surface area contributed by atoms with Crippen molar-refractivity contribution in [2.75, 3.05) is 33.5 Å². The van der Waals surface area contributed by atoms with Gasteiger partial charge in [0.25, 0.3) is 0 Å². The van der Waals surface area contributed by atoms with Crippen LogP contribution in [0.1, 0.15) is 97.3 Å². The lowest BCUT2D eigenvalue weighted by Gasteiger charge is -2.71. The van der Waals surface area contributed by atoms with Gasteiger partial charge in [0.15, 0.2) is 5.78 Å². The van der Waals surface area contributed by atoms with Gasteiger partial charge in [0.1, 0.15) is 24.0 Å². The number of hydrogen-bond donors (Lipinski definition) is 7. The molecule has 7 fully saturated rings. The maximum absolute atomic E-state index is 15.2. The number of ether oxygens (including phenoxy) is 3. The Morgan fingerprint density at radius 2 is 1.82 bits per heavy atom. The largest absolute Gasteiger partial charge is 0.396 e. The fraction of sp³-hybridized carbons (Fsp3) is 0.864. The van der Waals surface area contributed by atoms with Gasteiger partial charge in [-0.25, -0.2) is 0 Å². The average molecular weight is 795 g/mol. The number of methoxy groups -OCH3 is 1. The molecule has 6 aliphatic carbocycles. The van der Waals surface area contributed by atoms with Crippen LogP contribution in [0.4, 0.5) is 0 Å². The van der Waals surface area contributed by atoms with Crippen molar-refractivity contribution < 1.29 is 54.4 Å². The molecule has 5 heterocycles. The zero-order valence-electron chi connectivity index (χ0n) is 33.6. The second-order valence-electron chi connectivity index (χ2n) is 20.3. The quantitative estimate of drug-likeness (QED) is 0.0879. The first-order valence-electron chi connectivity index (χ1n) is 21.9. The molecule has 314 valence electrons. The maximum Gasteiger partial charge on any atom is 0.240 e. The molecule has 5 aliphatic heterocycles. The molecule has 0 aromatic carbocycles. The van der Waals surface area contributed by atoms with Gasteiger partial charge in [-0.1, -0.05) is 19.3 Å². The lowest BCUT2D eigenvalue weighted by Crippen LogP contribution is -2.74. The summed E-state index contributed by atoms with van der Waals surface area (Å²) in [5.74, 6) is 1.40. The summed E-state index contributed by atoms with van der Waals surface area (Å²) in [6.45, 7) is 4.83. The van der Waals surface area contributed by atoms with Crippen LogP contribution >= 0.6 is 0 Å². The number of rotatable bonds is 6. The van der Waals surface area contributed by atoms with Gasteiger partial charge in [-0.15, -0.1) is 5.92 Å². The molecule has 13 heteroatoms. The Bertz CT molecular complexity index is 1810. The number of Topliss-reactive ketones (excluding diaryl/α,β-unsaturated/α-hetero) is 1. The number of aliphatic hydroxyl groups excluding tert-OH is 2. The number of fused-ring (bicyclic) bond motifs is 3. The second-order valence-corrected chi connectivity index (χ2v) is 20.3. The van der Waals surface area contributed by atoms with Crippen LogP contribution in [0.5, 0.6) is 0 Å². The highest BCUT2D eigenvalue weighted by molar-refractivity contribution is 6.01. The third-order valence-corrected chi connectivity index (χ3v) is 18.2. The van der Waals surface area contributed by atoms with Crippen molar-refractivity contribution in [2.24, 2.45) is 51.8 Å². The molecule has 4 saturated carbocycles. The van der Waals surface area contributed by atoms with E-state index < -0.39 is 82.1 Å². The fourth-order valence-corrected chi connectivity index (χ4v) is 15.5. The molecule has 7 N–H and O–H groups in total. The lowest BCUT2D eigenvalue weighted by atomic mass is 9.32. The molecular weight excluding hydrogens is 732 g/mol. The number of piperidine rings is 1. The van der Waals surface area contributed by atoms with Crippen molar-refractivity contribution in [1.82, 2.24) is 10.2 Å². The fourth-order valence-electron chi connectivity index (χ4n) is 15.5. The monoisotopic (exact) mass is 794 g/mol. The molecule has 11 rings (SSSR count). The standard InChI is InChI=1S/C44H62N2O11/c1-39-14-11-26(56-16-6-15-55-3)18-30(39)33(48)27-10-9-23-17-32-40(2,51)44(53,54)36-29(22-47)28-19-31(45-37(49)34(28)57-36)38(50)46-21-25(46)8-5-13-42(39)24-7-4-12-41(32,20-24)43(23,52)35(27)42/h23-26,28-32,34,36-37,45,47,49,51-54H,4,6-12,14-22H2,1-3H3. The van der Waals surface area contributed by atoms with Gasteiger partial charge in [0.2, 0.25) is 11.7 Å². The number of allylic oxidation sites excluding steroid dienone is 1. The zero-order valence-corrected chi connectivity index (χ0v) is 33.6. The van der Waals surface area contributed by atoms with Crippen molar-refractivity contribution in [1.29, 1.82) is 0 Å². The van der Waals surface area contributed by atoms with Crippen LogP contribution in [0, 0.1) is 63.6 Å². The molecular formula is C44H62N2O11. The molecule has 17 unspecified atom stereocenters. The highest BCUT2D eigenvalue weighted by Gasteiger charge is 2.82. The highest BCUT2D eigenvalue weighted by atomic mass is 16.6. The predicted octanol–water partition coefficient (Wildman–Crippen LogP) is 1.15. The van der Waals surface area contributed by atoms with Crippen LogP contribution in [-0.4, -0.2) is 134 Å². The third kappa shape index (κ3) is 4.89. The van der Waals surface area contributed by atoms with E-state index in [9.17, 15) is 35.4 Å². The molecule has 3 saturated heterocycles. The molecule has 0 radical (unpaired) electrons. The van der Waals surface area contributed by atoms with Crippen LogP contribution in [0.2, 0.25) is 0 Å². The number of amides is 1. The van der Waals surface area contributed by atoms with Crippen molar-refractivity contribution in [3.05, 3.63) is 11.1 Å². The first-order chi connectivity index (χ1) is 27.1. The first-order valence-corrected chi connectivity index (χ1v) is 21.9. The smallest absolute Gasteiger partial charge is 0.240 e. The molecule has 0 aromatic heterocycles. The summed E-state index contributed by atoms with van der Waals surface area (Å²) in [5.41, 5.74) is -4.82. The minimum absolute atomic E-state index is 0.0739. The van der Waals surface area contributed by atoms with E-state index in [0.717, 1.165) is 31.3 Å². The van der Waals surface area contributed by atoms with E-state index in [4.69, 9.17) is 14.2 Å². The molecule has 1 amide bonds. The lowest BCUT2D eigenvalue weighted by molar-refractivity contribution is -0.348. The molecule has 8 bridgehead atoms. The predicted molar refractivity (Wildman–Crippen MR) is 202 cm³/mol. The van der Waals surface area contributed by atoms with Crippen LogP contribution in [0.3, 0.4) is 0 Å². The van der Waals surface area contributed by atoms with Gasteiger partial charge in [-0.3, -0.25) is 14.9 Å². The Labute approximate surface area is 334 Å². The number of nitrogens with one attached hydrogen (secondary N) is 1. The minimum atomic E-state index is -2.92. The Balaban J connectivity index is 1.15. The molecule has 57 heavy (non-hydrogen) atoms.